The van der Waals surface area contributed by atoms with Crippen LogP contribution in [0.25, 0.3) is 0 Å². The summed E-state index contributed by atoms with van der Waals surface area (Å²) in [5, 5.41) is 5.66. The van der Waals surface area contributed by atoms with Gasteiger partial charge in [-0.3, -0.25) is 4.79 Å². The van der Waals surface area contributed by atoms with E-state index in [1.54, 1.807) is 33.8 Å². The summed E-state index contributed by atoms with van der Waals surface area (Å²) >= 11 is 0. The Labute approximate surface area is 173 Å². The third-order valence-corrected chi connectivity index (χ3v) is 4.46. The van der Waals surface area contributed by atoms with Crippen molar-refractivity contribution in [1.29, 1.82) is 0 Å². The van der Waals surface area contributed by atoms with Crippen LogP contribution in [0.1, 0.15) is 67.7 Å². The standard InChI is InChI=1S/C21H36N2O6/c1-8-15(9-2)28-17-12-14(19(25)27-10-3)11-16(18(17)22-13(4)24)23-20(26)29-21(5,6)7/h12,15-18H,8-11H2,1-7H3,(H,22,24)(H,23,26)/t16?,17-,18-/m1/s1. The Balaban J connectivity index is 3.20. The van der Waals surface area contributed by atoms with Crippen LogP contribution in [0.5, 0.6) is 0 Å². The van der Waals surface area contributed by atoms with Crippen molar-refractivity contribution >= 4 is 18.0 Å². The van der Waals surface area contributed by atoms with Crippen LogP contribution in [0.15, 0.2) is 11.6 Å². The second-order valence-electron chi connectivity index (χ2n) is 8.13. The molecule has 2 amide bonds. The molecule has 0 aromatic heterocycles. The lowest BCUT2D eigenvalue weighted by molar-refractivity contribution is -0.139. The SMILES string of the molecule is CCOC(=O)C1=C[C@@H](OC(CC)CC)[C@H](NC(C)=O)C(NC(=O)OC(C)(C)C)C1. The van der Waals surface area contributed by atoms with Crippen molar-refractivity contribution in [3.63, 3.8) is 0 Å². The minimum atomic E-state index is -0.673. The number of carbonyl (C=O) groups is 3. The highest BCUT2D eigenvalue weighted by Gasteiger charge is 2.39. The van der Waals surface area contributed by atoms with E-state index in [0.29, 0.717) is 5.57 Å². The van der Waals surface area contributed by atoms with Crippen LogP contribution < -0.4 is 10.6 Å². The number of rotatable bonds is 8. The smallest absolute Gasteiger partial charge is 0.407 e. The van der Waals surface area contributed by atoms with E-state index in [-0.39, 0.29) is 25.0 Å². The molecule has 2 N–H and O–H groups in total. The summed E-state index contributed by atoms with van der Waals surface area (Å²) in [7, 11) is 0. The maximum absolute atomic E-state index is 12.4. The molecule has 1 aliphatic carbocycles. The van der Waals surface area contributed by atoms with Gasteiger partial charge in [-0.15, -0.1) is 0 Å². The van der Waals surface area contributed by atoms with Crippen molar-refractivity contribution < 1.29 is 28.6 Å². The van der Waals surface area contributed by atoms with Gasteiger partial charge in [-0.1, -0.05) is 13.8 Å². The molecule has 8 heteroatoms. The molecule has 0 bridgehead atoms. The molecule has 0 spiro atoms. The highest BCUT2D eigenvalue weighted by Crippen LogP contribution is 2.25. The number of carbonyl (C=O) groups excluding carboxylic acids is 3. The van der Waals surface area contributed by atoms with Gasteiger partial charge in [0.25, 0.3) is 0 Å². The lowest BCUT2D eigenvalue weighted by Crippen LogP contribution is -2.60. The first-order valence-corrected chi connectivity index (χ1v) is 10.3. The van der Waals surface area contributed by atoms with Gasteiger partial charge in [0.2, 0.25) is 5.91 Å². The van der Waals surface area contributed by atoms with Crippen molar-refractivity contribution in [2.45, 2.75) is 97.6 Å². The number of esters is 1. The predicted octanol–water partition coefficient (Wildman–Crippen LogP) is 2.85. The first-order chi connectivity index (χ1) is 13.5. The number of amides is 2. The zero-order chi connectivity index (χ0) is 22.2. The topological polar surface area (TPSA) is 103 Å². The van der Waals surface area contributed by atoms with Gasteiger partial charge < -0.3 is 24.8 Å². The average molecular weight is 413 g/mol. The Hall–Kier alpha value is -2.09. The van der Waals surface area contributed by atoms with Gasteiger partial charge in [-0.05, 0) is 46.6 Å². The lowest BCUT2D eigenvalue weighted by Gasteiger charge is -2.38. The molecule has 0 radical (unpaired) electrons. The minimum Gasteiger partial charge on any atom is -0.463 e. The third-order valence-electron chi connectivity index (χ3n) is 4.46. The molecule has 29 heavy (non-hydrogen) atoms. The van der Waals surface area contributed by atoms with Gasteiger partial charge in [0.05, 0.1) is 30.9 Å². The van der Waals surface area contributed by atoms with Gasteiger partial charge in [-0.2, -0.15) is 0 Å². The summed E-state index contributed by atoms with van der Waals surface area (Å²) < 4.78 is 16.7. The average Bonchev–Trinajstić information content (AvgIpc) is 2.59. The van der Waals surface area contributed by atoms with Crippen LogP contribution in [0.3, 0.4) is 0 Å². The highest BCUT2D eigenvalue weighted by atomic mass is 16.6. The molecule has 1 rings (SSSR count). The van der Waals surface area contributed by atoms with Crippen molar-refractivity contribution in [2.24, 2.45) is 0 Å². The molecule has 0 saturated carbocycles. The van der Waals surface area contributed by atoms with Crippen molar-refractivity contribution in [3.05, 3.63) is 11.6 Å². The first kappa shape index (κ1) is 24.9. The minimum absolute atomic E-state index is 0.0452. The summed E-state index contributed by atoms with van der Waals surface area (Å²) in [4.78, 5) is 36.6. The molecule has 166 valence electrons. The monoisotopic (exact) mass is 412 g/mol. The van der Waals surface area contributed by atoms with E-state index >= 15 is 0 Å². The zero-order valence-corrected chi connectivity index (χ0v) is 18.7. The maximum Gasteiger partial charge on any atom is 0.407 e. The number of hydrogen-bond donors (Lipinski definition) is 2. The molecule has 8 nitrogen and oxygen atoms in total. The molecule has 0 aromatic rings. The van der Waals surface area contributed by atoms with Gasteiger partial charge in [0, 0.05) is 18.9 Å². The number of nitrogens with one attached hydrogen (secondary N) is 2. The Morgan fingerprint density at radius 2 is 1.76 bits per heavy atom. The maximum atomic E-state index is 12.4. The van der Waals surface area contributed by atoms with Crippen molar-refractivity contribution in [3.8, 4) is 0 Å². The van der Waals surface area contributed by atoms with Crippen molar-refractivity contribution in [2.75, 3.05) is 6.61 Å². The van der Waals surface area contributed by atoms with E-state index in [2.05, 4.69) is 10.6 Å². The lowest BCUT2D eigenvalue weighted by atomic mass is 9.87. The van der Waals surface area contributed by atoms with Gasteiger partial charge in [-0.25, -0.2) is 9.59 Å². The van der Waals surface area contributed by atoms with Crippen LogP contribution in [0.2, 0.25) is 0 Å². The quantitative estimate of drug-likeness (QED) is 0.594. The van der Waals surface area contributed by atoms with Gasteiger partial charge in [0.1, 0.15) is 5.60 Å². The van der Waals surface area contributed by atoms with Crippen LogP contribution in [-0.4, -0.2) is 54.5 Å². The summed E-state index contributed by atoms with van der Waals surface area (Å²) in [6.45, 7) is 12.7. The zero-order valence-electron chi connectivity index (χ0n) is 18.7. The molecule has 1 aliphatic rings. The number of hydrogen-bond acceptors (Lipinski definition) is 6. The van der Waals surface area contributed by atoms with E-state index in [1.165, 1.54) is 6.92 Å². The summed E-state index contributed by atoms with van der Waals surface area (Å²) in [6, 6.07) is -1.13. The molecule has 3 atom stereocenters. The molecule has 0 fully saturated rings. The fourth-order valence-electron chi connectivity index (χ4n) is 3.18. The van der Waals surface area contributed by atoms with Crippen LogP contribution >= 0.6 is 0 Å². The molecule has 0 aliphatic heterocycles. The molecule has 0 saturated heterocycles. The third kappa shape index (κ3) is 8.43. The predicted molar refractivity (Wildman–Crippen MR) is 109 cm³/mol. The summed E-state index contributed by atoms with van der Waals surface area (Å²) in [5.74, 6) is -0.708. The second-order valence-corrected chi connectivity index (χ2v) is 8.13. The fourth-order valence-corrected chi connectivity index (χ4v) is 3.18. The Kier molecular flexibility index (Phi) is 9.62. The van der Waals surface area contributed by atoms with E-state index < -0.39 is 35.9 Å². The van der Waals surface area contributed by atoms with Crippen LogP contribution in [0.4, 0.5) is 4.79 Å². The molecule has 0 heterocycles. The summed E-state index contributed by atoms with van der Waals surface area (Å²) in [5.41, 5.74) is -0.265. The van der Waals surface area contributed by atoms with E-state index in [0.717, 1.165) is 12.8 Å². The van der Waals surface area contributed by atoms with E-state index in [9.17, 15) is 14.4 Å². The normalized spacial score (nSPS) is 21.9. The largest absolute Gasteiger partial charge is 0.463 e. The molecule has 1 unspecified atom stereocenters. The van der Waals surface area contributed by atoms with E-state index in [4.69, 9.17) is 14.2 Å². The Bertz CT molecular complexity index is 607. The Morgan fingerprint density at radius 1 is 1.14 bits per heavy atom. The summed E-state index contributed by atoms with van der Waals surface area (Å²) in [6.07, 6.45) is 2.21. The van der Waals surface area contributed by atoms with Gasteiger partial charge in [0.15, 0.2) is 0 Å². The van der Waals surface area contributed by atoms with Crippen molar-refractivity contribution in [1.82, 2.24) is 10.6 Å². The molecular formula is C21H36N2O6. The molecule has 0 aromatic carbocycles. The number of ether oxygens (including phenoxy) is 3. The fraction of sp³-hybridized carbons (Fsp3) is 0.762. The second kappa shape index (κ2) is 11.2. The highest BCUT2D eigenvalue weighted by molar-refractivity contribution is 5.89. The number of alkyl carbamates (subject to hydrolysis) is 1. The van der Waals surface area contributed by atoms with Gasteiger partial charge >= 0.3 is 12.1 Å². The Morgan fingerprint density at radius 3 is 2.24 bits per heavy atom. The van der Waals surface area contributed by atoms with E-state index in [1.807, 2.05) is 13.8 Å². The van der Waals surface area contributed by atoms with Crippen LogP contribution in [-0.2, 0) is 23.8 Å². The van der Waals surface area contributed by atoms with Crippen LogP contribution in [0, 0.1) is 0 Å². The first-order valence-electron chi connectivity index (χ1n) is 10.3. The molecular weight excluding hydrogens is 376 g/mol.